The lowest BCUT2D eigenvalue weighted by Gasteiger charge is -2.34. The van der Waals surface area contributed by atoms with E-state index in [1.165, 1.54) is 0 Å². The van der Waals surface area contributed by atoms with E-state index in [-0.39, 0.29) is 24.2 Å². The number of ether oxygens (including phenoxy) is 1. The molecule has 1 aliphatic rings. The highest BCUT2D eigenvalue weighted by molar-refractivity contribution is 5.75. The number of aliphatic hydroxyl groups excluding tert-OH is 1. The molecule has 1 atom stereocenters. The monoisotopic (exact) mass is 215 g/mol. The quantitative estimate of drug-likeness (QED) is 0.685. The van der Waals surface area contributed by atoms with Crippen molar-refractivity contribution in [3.63, 3.8) is 0 Å². The van der Waals surface area contributed by atoms with Crippen molar-refractivity contribution in [1.29, 1.82) is 0 Å². The Bertz CT molecular complexity index is 228. The Kier molecular flexibility index (Phi) is 3.73. The van der Waals surface area contributed by atoms with E-state index in [2.05, 4.69) is 5.32 Å². The zero-order chi connectivity index (χ0) is 11.6. The lowest BCUT2D eigenvalue weighted by atomic mass is 9.89. The molecule has 0 aromatic rings. The van der Waals surface area contributed by atoms with Gasteiger partial charge in [0.15, 0.2) is 0 Å². The average Bonchev–Trinajstić information content (AvgIpc) is 1.98. The molecule has 1 fully saturated rings. The molecular weight excluding hydrogens is 194 g/mol. The van der Waals surface area contributed by atoms with E-state index in [1.807, 2.05) is 20.8 Å². The van der Waals surface area contributed by atoms with E-state index in [0.717, 1.165) is 12.8 Å². The molecule has 0 heterocycles. The molecule has 0 aromatic carbocycles. The SMILES string of the molecule is CC(NC1CC(O)C1)C(=O)OC(C)(C)C. The summed E-state index contributed by atoms with van der Waals surface area (Å²) in [7, 11) is 0. The van der Waals surface area contributed by atoms with Crippen molar-refractivity contribution >= 4 is 5.97 Å². The fourth-order valence-electron chi connectivity index (χ4n) is 1.54. The molecule has 0 saturated heterocycles. The van der Waals surface area contributed by atoms with Crippen LogP contribution >= 0.6 is 0 Å². The minimum atomic E-state index is -0.438. The third kappa shape index (κ3) is 4.18. The molecule has 0 bridgehead atoms. The van der Waals surface area contributed by atoms with Gasteiger partial charge in [-0.25, -0.2) is 0 Å². The van der Waals surface area contributed by atoms with Gasteiger partial charge in [0.25, 0.3) is 0 Å². The fourth-order valence-corrected chi connectivity index (χ4v) is 1.54. The summed E-state index contributed by atoms with van der Waals surface area (Å²) in [5.41, 5.74) is -0.438. The first-order valence-electron chi connectivity index (χ1n) is 5.45. The van der Waals surface area contributed by atoms with Gasteiger partial charge in [0.1, 0.15) is 11.6 Å². The Morgan fingerprint density at radius 3 is 2.40 bits per heavy atom. The molecule has 0 spiro atoms. The summed E-state index contributed by atoms with van der Waals surface area (Å²) >= 11 is 0. The molecule has 15 heavy (non-hydrogen) atoms. The van der Waals surface area contributed by atoms with Crippen LogP contribution in [0.2, 0.25) is 0 Å². The third-order valence-electron chi connectivity index (χ3n) is 2.36. The first-order chi connectivity index (χ1) is 6.78. The van der Waals surface area contributed by atoms with Gasteiger partial charge in [0.2, 0.25) is 0 Å². The number of rotatable bonds is 3. The van der Waals surface area contributed by atoms with E-state index >= 15 is 0 Å². The molecule has 0 amide bonds. The van der Waals surface area contributed by atoms with Crippen LogP contribution in [0.15, 0.2) is 0 Å². The molecule has 1 unspecified atom stereocenters. The maximum absolute atomic E-state index is 11.6. The maximum Gasteiger partial charge on any atom is 0.323 e. The smallest absolute Gasteiger partial charge is 0.323 e. The van der Waals surface area contributed by atoms with Crippen LogP contribution in [0.1, 0.15) is 40.5 Å². The van der Waals surface area contributed by atoms with Crippen molar-refractivity contribution in [1.82, 2.24) is 5.32 Å². The summed E-state index contributed by atoms with van der Waals surface area (Å²) in [5.74, 6) is -0.233. The largest absolute Gasteiger partial charge is 0.459 e. The molecule has 4 nitrogen and oxygen atoms in total. The minimum absolute atomic E-state index is 0.201. The van der Waals surface area contributed by atoms with Gasteiger partial charge < -0.3 is 15.2 Å². The summed E-state index contributed by atoms with van der Waals surface area (Å²) in [4.78, 5) is 11.6. The van der Waals surface area contributed by atoms with Gasteiger partial charge in [0, 0.05) is 6.04 Å². The fraction of sp³-hybridized carbons (Fsp3) is 0.909. The minimum Gasteiger partial charge on any atom is -0.459 e. The van der Waals surface area contributed by atoms with Crippen molar-refractivity contribution in [2.24, 2.45) is 0 Å². The van der Waals surface area contributed by atoms with Gasteiger partial charge in [-0.3, -0.25) is 4.79 Å². The van der Waals surface area contributed by atoms with Crippen LogP contribution in [0.4, 0.5) is 0 Å². The number of hydrogen-bond donors (Lipinski definition) is 2. The van der Waals surface area contributed by atoms with Crippen LogP contribution in [-0.2, 0) is 9.53 Å². The second-order valence-electron chi connectivity index (χ2n) is 5.24. The second-order valence-corrected chi connectivity index (χ2v) is 5.24. The predicted octanol–water partition coefficient (Wildman–Crippen LogP) is 0.829. The zero-order valence-corrected chi connectivity index (χ0v) is 9.91. The van der Waals surface area contributed by atoms with Gasteiger partial charge in [-0.15, -0.1) is 0 Å². The molecule has 0 radical (unpaired) electrons. The Labute approximate surface area is 91.0 Å². The molecule has 0 aliphatic heterocycles. The van der Waals surface area contributed by atoms with Crippen LogP contribution in [0, 0.1) is 0 Å². The second kappa shape index (κ2) is 4.49. The standard InChI is InChI=1S/C11H21NO3/c1-7(10(14)15-11(2,3)4)12-8-5-9(13)6-8/h7-9,12-13H,5-6H2,1-4H3. The Balaban J connectivity index is 2.27. The topological polar surface area (TPSA) is 58.6 Å². The van der Waals surface area contributed by atoms with Crippen LogP contribution in [0.25, 0.3) is 0 Å². The number of esters is 1. The third-order valence-corrected chi connectivity index (χ3v) is 2.36. The summed E-state index contributed by atoms with van der Waals surface area (Å²) in [6.45, 7) is 7.35. The van der Waals surface area contributed by atoms with E-state index in [9.17, 15) is 4.79 Å². The Morgan fingerprint density at radius 2 is 2.00 bits per heavy atom. The predicted molar refractivity (Wildman–Crippen MR) is 57.5 cm³/mol. The highest BCUT2D eigenvalue weighted by Crippen LogP contribution is 2.20. The van der Waals surface area contributed by atoms with Gasteiger partial charge in [0.05, 0.1) is 6.10 Å². The molecule has 2 N–H and O–H groups in total. The number of aliphatic hydroxyl groups is 1. The van der Waals surface area contributed by atoms with Crippen molar-refractivity contribution in [3.8, 4) is 0 Å². The van der Waals surface area contributed by atoms with Crippen LogP contribution < -0.4 is 5.32 Å². The number of carbonyl (C=O) groups is 1. The van der Waals surface area contributed by atoms with Crippen molar-refractivity contribution in [2.75, 3.05) is 0 Å². The summed E-state index contributed by atoms with van der Waals surface area (Å²) in [6, 6.07) is -0.0516. The van der Waals surface area contributed by atoms with Crippen molar-refractivity contribution < 1.29 is 14.6 Å². The number of hydrogen-bond acceptors (Lipinski definition) is 4. The molecule has 0 aromatic heterocycles. The van der Waals surface area contributed by atoms with Crippen LogP contribution in [0.3, 0.4) is 0 Å². The van der Waals surface area contributed by atoms with Crippen molar-refractivity contribution in [3.05, 3.63) is 0 Å². The van der Waals surface area contributed by atoms with E-state index in [1.54, 1.807) is 6.92 Å². The Hall–Kier alpha value is -0.610. The maximum atomic E-state index is 11.6. The summed E-state index contributed by atoms with van der Waals surface area (Å²) in [5, 5.41) is 12.2. The average molecular weight is 215 g/mol. The van der Waals surface area contributed by atoms with Gasteiger partial charge >= 0.3 is 5.97 Å². The molecule has 1 saturated carbocycles. The zero-order valence-electron chi connectivity index (χ0n) is 9.91. The first kappa shape index (κ1) is 12.5. The molecule has 4 heteroatoms. The number of nitrogens with one attached hydrogen (secondary N) is 1. The Morgan fingerprint density at radius 1 is 1.47 bits per heavy atom. The highest BCUT2D eigenvalue weighted by atomic mass is 16.6. The molecule has 88 valence electrons. The summed E-state index contributed by atoms with van der Waals surface area (Å²) < 4.78 is 5.23. The van der Waals surface area contributed by atoms with E-state index in [0.29, 0.717) is 0 Å². The number of carbonyl (C=O) groups excluding carboxylic acids is 1. The van der Waals surface area contributed by atoms with E-state index in [4.69, 9.17) is 9.84 Å². The molecule has 1 aliphatic carbocycles. The van der Waals surface area contributed by atoms with Gasteiger partial charge in [-0.2, -0.15) is 0 Å². The van der Waals surface area contributed by atoms with Crippen LogP contribution in [0.5, 0.6) is 0 Å². The van der Waals surface area contributed by atoms with Crippen LogP contribution in [-0.4, -0.2) is 34.9 Å². The van der Waals surface area contributed by atoms with Crippen molar-refractivity contribution in [2.45, 2.75) is 64.3 Å². The summed E-state index contributed by atoms with van der Waals surface area (Å²) in [6.07, 6.45) is 1.26. The molecule has 1 rings (SSSR count). The van der Waals surface area contributed by atoms with E-state index < -0.39 is 5.60 Å². The lowest BCUT2D eigenvalue weighted by Crippen LogP contribution is -2.51. The lowest BCUT2D eigenvalue weighted by molar-refractivity contribution is -0.157. The molecular formula is C11H21NO3. The highest BCUT2D eigenvalue weighted by Gasteiger charge is 2.30. The first-order valence-corrected chi connectivity index (χ1v) is 5.45. The van der Waals surface area contributed by atoms with Gasteiger partial charge in [-0.05, 0) is 40.5 Å². The van der Waals surface area contributed by atoms with Gasteiger partial charge in [-0.1, -0.05) is 0 Å². The normalized spacial score (nSPS) is 28.1.